The van der Waals surface area contributed by atoms with E-state index < -0.39 is 11.7 Å². The first-order chi connectivity index (χ1) is 13.1. The van der Waals surface area contributed by atoms with Gasteiger partial charge in [-0.15, -0.1) is 0 Å². The van der Waals surface area contributed by atoms with Crippen LogP contribution in [0.3, 0.4) is 0 Å². The number of likely N-dealkylation sites (N-methyl/N-ethyl adjacent to an activating group) is 1. The zero-order valence-electron chi connectivity index (χ0n) is 16.7. The standard InChI is InChI=1S/C21H25BrN2O4/c1-12-9-17(27-19(12)25)15(23-5)10-13-11-24(20(26)28-21(2,3)4)16-8-6-7-14(22)18(13)16/h6-9,11,15,17,23H,10H2,1-5H3. The molecule has 2 heterocycles. The van der Waals surface area contributed by atoms with E-state index in [1.165, 1.54) is 4.57 Å². The summed E-state index contributed by atoms with van der Waals surface area (Å²) in [5.41, 5.74) is 1.75. The number of aromatic nitrogens is 1. The first kappa shape index (κ1) is 20.6. The number of halogens is 1. The van der Waals surface area contributed by atoms with Crippen LogP contribution in [-0.4, -0.2) is 41.4 Å². The van der Waals surface area contributed by atoms with Gasteiger partial charge in [-0.05, 0) is 64.9 Å². The molecule has 2 aromatic rings. The summed E-state index contributed by atoms with van der Waals surface area (Å²) in [6, 6.07) is 5.60. The van der Waals surface area contributed by atoms with Crippen LogP contribution in [0.2, 0.25) is 0 Å². The van der Waals surface area contributed by atoms with Gasteiger partial charge in [-0.1, -0.05) is 22.0 Å². The summed E-state index contributed by atoms with van der Waals surface area (Å²) in [7, 11) is 1.84. The lowest BCUT2D eigenvalue weighted by molar-refractivity contribution is -0.140. The van der Waals surface area contributed by atoms with E-state index in [0.717, 1.165) is 20.9 Å². The van der Waals surface area contributed by atoms with Crippen molar-refractivity contribution in [1.29, 1.82) is 0 Å². The maximum atomic E-state index is 12.7. The van der Waals surface area contributed by atoms with Gasteiger partial charge in [-0.3, -0.25) is 4.57 Å². The third-order valence-electron chi connectivity index (χ3n) is 4.63. The molecule has 1 aromatic carbocycles. The zero-order chi connectivity index (χ0) is 20.6. The number of cyclic esters (lactones) is 1. The van der Waals surface area contributed by atoms with E-state index in [2.05, 4.69) is 21.2 Å². The van der Waals surface area contributed by atoms with Crippen molar-refractivity contribution >= 4 is 38.9 Å². The van der Waals surface area contributed by atoms with Crippen LogP contribution in [0.5, 0.6) is 0 Å². The number of benzene rings is 1. The molecule has 0 fully saturated rings. The van der Waals surface area contributed by atoms with Crippen LogP contribution in [0.25, 0.3) is 10.9 Å². The number of fused-ring (bicyclic) bond motifs is 1. The average Bonchev–Trinajstić information content (AvgIpc) is 3.12. The minimum atomic E-state index is -0.590. The fraction of sp³-hybridized carbons (Fsp3) is 0.429. The highest BCUT2D eigenvalue weighted by molar-refractivity contribution is 9.10. The van der Waals surface area contributed by atoms with E-state index in [4.69, 9.17) is 9.47 Å². The highest BCUT2D eigenvalue weighted by Gasteiger charge is 2.30. The molecule has 0 amide bonds. The fourth-order valence-electron chi connectivity index (χ4n) is 3.32. The van der Waals surface area contributed by atoms with Gasteiger partial charge >= 0.3 is 12.1 Å². The van der Waals surface area contributed by atoms with Crippen molar-refractivity contribution in [1.82, 2.24) is 9.88 Å². The van der Waals surface area contributed by atoms with Crippen molar-refractivity contribution in [2.75, 3.05) is 7.05 Å². The van der Waals surface area contributed by atoms with E-state index >= 15 is 0 Å². The fourth-order valence-corrected chi connectivity index (χ4v) is 3.93. The molecule has 0 saturated heterocycles. The van der Waals surface area contributed by atoms with Crippen LogP contribution in [0, 0.1) is 0 Å². The van der Waals surface area contributed by atoms with Gasteiger partial charge in [0.1, 0.15) is 11.7 Å². The van der Waals surface area contributed by atoms with E-state index in [0.29, 0.717) is 12.0 Å². The van der Waals surface area contributed by atoms with Crippen LogP contribution in [0.4, 0.5) is 4.79 Å². The number of hydrogen-bond donors (Lipinski definition) is 1. The normalized spacial score (nSPS) is 18.1. The molecule has 1 aromatic heterocycles. The molecule has 150 valence electrons. The molecule has 1 aliphatic heterocycles. The second kappa shape index (κ2) is 7.72. The predicted octanol–water partition coefficient (Wildman–Crippen LogP) is 4.19. The maximum absolute atomic E-state index is 12.7. The second-order valence-electron chi connectivity index (χ2n) is 7.96. The lowest BCUT2D eigenvalue weighted by Crippen LogP contribution is -2.39. The Bertz CT molecular complexity index is 955. The van der Waals surface area contributed by atoms with E-state index in [-0.39, 0.29) is 18.1 Å². The van der Waals surface area contributed by atoms with Gasteiger partial charge in [-0.25, -0.2) is 9.59 Å². The molecule has 1 N–H and O–H groups in total. The number of ether oxygens (including phenoxy) is 2. The summed E-state index contributed by atoms with van der Waals surface area (Å²) >= 11 is 3.60. The Morgan fingerprint density at radius 2 is 2.11 bits per heavy atom. The van der Waals surface area contributed by atoms with Crippen molar-refractivity contribution in [2.24, 2.45) is 0 Å². The molecule has 1 aliphatic rings. The zero-order valence-corrected chi connectivity index (χ0v) is 18.3. The summed E-state index contributed by atoms with van der Waals surface area (Å²) in [6.07, 6.45) is 3.45. The molecule has 0 saturated carbocycles. The molecule has 0 bridgehead atoms. The molecule has 7 heteroatoms. The van der Waals surface area contributed by atoms with Crippen LogP contribution in [0.1, 0.15) is 33.3 Å². The Morgan fingerprint density at radius 1 is 1.39 bits per heavy atom. The van der Waals surface area contributed by atoms with Gasteiger partial charge < -0.3 is 14.8 Å². The topological polar surface area (TPSA) is 69.6 Å². The highest BCUT2D eigenvalue weighted by Crippen LogP contribution is 2.31. The molecule has 28 heavy (non-hydrogen) atoms. The Hall–Kier alpha value is -2.12. The summed E-state index contributed by atoms with van der Waals surface area (Å²) in [5.74, 6) is -0.289. The largest absolute Gasteiger partial charge is 0.453 e. The third-order valence-corrected chi connectivity index (χ3v) is 5.29. The first-order valence-corrected chi connectivity index (χ1v) is 9.98. The number of esters is 1. The van der Waals surface area contributed by atoms with Crippen molar-refractivity contribution in [3.63, 3.8) is 0 Å². The molecule has 3 rings (SSSR count). The highest BCUT2D eigenvalue weighted by atomic mass is 79.9. The smallest absolute Gasteiger partial charge is 0.419 e. The molecule has 2 atom stereocenters. The Balaban J connectivity index is 1.99. The van der Waals surface area contributed by atoms with Gasteiger partial charge in [0, 0.05) is 21.6 Å². The van der Waals surface area contributed by atoms with E-state index in [1.807, 2.05) is 52.1 Å². The first-order valence-electron chi connectivity index (χ1n) is 9.19. The van der Waals surface area contributed by atoms with Crippen LogP contribution >= 0.6 is 15.9 Å². The van der Waals surface area contributed by atoms with Gasteiger partial charge in [0.15, 0.2) is 0 Å². The number of carbonyl (C=O) groups is 2. The van der Waals surface area contributed by atoms with Crippen molar-refractivity contribution in [3.05, 3.63) is 46.1 Å². The summed E-state index contributed by atoms with van der Waals surface area (Å²) < 4.78 is 13.4. The number of nitrogens with zero attached hydrogens (tertiary/aromatic N) is 1. The SMILES string of the molecule is CNC(Cc1cn(C(=O)OC(C)(C)C)c2cccc(Br)c12)C1C=C(C)C(=O)O1. The van der Waals surface area contributed by atoms with Crippen LogP contribution in [-0.2, 0) is 20.7 Å². The lowest BCUT2D eigenvalue weighted by atomic mass is 10.0. The van der Waals surface area contributed by atoms with Crippen molar-refractivity contribution in [2.45, 2.75) is 51.9 Å². The monoisotopic (exact) mass is 448 g/mol. The lowest BCUT2D eigenvalue weighted by Gasteiger charge is -2.21. The Kier molecular flexibility index (Phi) is 5.68. The number of hydrogen-bond acceptors (Lipinski definition) is 5. The third kappa shape index (κ3) is 4.15. The molecule has 6 nitrogen and oxygen atoms in total. The quantitative estimate of drug-likeness (QED) is 0.709. The molecule has 0 radical (unpaired) electrons. The van der Waals surface area contributed by atoms with E-state index in [9.17, 15) is 9.59 Å². The number of nitrogens with one attached hydrogen (secondary N) is 1. The van der Waals surface area contributed by atoms with Crippen molar-refractivity contribution in [3.8, 4) is 0 Å². The molecule has 0 spiro atoms. The second-order valence-corrected chi connectivity index (χ2v) is 8.81. The maximum Gasteiger partial charge on any atom is 0.419 e. The summed E-state index contributed by atoms with van der Waals surface area (Å²) in [6.45, 7) is 7.27. The van der Waals surface area contributed by atoms with Crippen LogP contribution < -0.4 is 5.32 Å². The average molecular weight is 449 g/mol. The number of carbonyl (C=O) groups excluding carboxylic acids is 2. The van der Waals surface area contributed by atoms with Gasteiger partial charge in [-0.2, -0.15) is 0 Å². The molecular formula is C21H25BrN2O4. The minimum absolute atomic E-state index is 0.119. The minimum Gasteiger partial charge on any atom is -0.453 e. The number of rotatable bonds is 4. The van der Waals surface area contributed by atoms with Gasteiger partial charge in [0.2, 0.25) is 0 Å². The Labute approximate surface area is 173 Å². The Morgan fingerprint density at radius 3 is 2.68 bits per heavy atom. The summed E-state index contributed by atoms with van der Waals surface area (Å²) in [5, 5.41) is 4.18. The predicted molar refractivity (Wildman–Crippen MR) is 111 cm³/mol. The summed E-state index contributed by atoms with van der Waals surface area (Å²) in [4.78, 5) is 24.5. The molecule has 0 aliphatic carbocycles. The molecule has 2 unspecified atom stereocenters. The van der Waals surface area contributed by atoms with Crippen molar-refractivity contribution < 1.29 is 19.1 Å². The molecular weight excluding hydrogens is 424 g/mol. The van der Waals surface area contributed by atoms with Crippen LogP contribution in [0.15, 0.2) is 40.5 Å². The van der Waals surface area contributed by atoms with Gasteiger partial charge in [0.05, 0.1) is 11.6 Å². The van der Waals surface area contributed by atoms with Gasteiger partial charge in [0.25, 0.3) is 0 Å². The van der Waals surface area contributed by atoms with E-state index in [1.54, 1.807) is 13.1 Å².